The number of benzene rings is 1. The lowest BCUT2D eigenvalue weighted by Gasteiger charge is -2.28. The van der Waals surface area contributed by atoms with Crippen molar-refractivity contribution in [1.82, 2.24) is 34.9 Å². The number of anilines is 1. The van der Waals surface area contributed by atoms with Crippen molar-refractivity contribution in [3.8, 4) is 11.1 Å². The zero-order chi connectivity index (χ0) is 43.0. The van der Waals surface area contributed by atoms with E-state index in [9.17, 15) is 23.7 Å². The van der Waals surface area contributed by atoms with Gasteiger partial charge in [-0.05, 0) is 76.9 Å². The fourth-order valence-electron chi connectivity index (χ4n) is 7.45. The van der Waals surface area contributed by atoms with E-state index in [1.807, 2.05) is 19.1 Å². The maximum atomic E-state index is 14.3. The standard InChI is InChI=1S/C40H50BrN8O10P/c1-6-7-8-28-29-18-32(40(53)46-39-24(2)9-12-33(41)45-39)49(38(28)29)36(52)22-48-31-11-10-26(17-30(31)37(47-48)25(3)50)27-19-42-34(43-20-27)21-44-35(51)23-59-60(54,57-15-13-55-4)58-16-14-56-5/h9-12,17,19-20,28-29,32,38H,6-8,13-16,18,21-23H2,1-5H3,(H,44,51)(H,45,46,53)/t28?,29-,32-,38+/m0/s1. The van der Waals surface area contributed by atoms with E-state index in [1.54, 1.807) is 35.5 Å². The van der Waals surface area contributed by atoms with Crippen molar-refractivity contribution >= 4 is 64.0 Å². The Morgan fingerprint density at radius 3 is 2.35 bits per heavy atom. The van der Waals surface area contributed by atoms with Crippen LogP contribution in [0.2, 0.25) is 0 Å². The minimum Gasteiger partial charge on any atom is -0.382 e. The zero-order valence-corrected chi connectivity index (χ0v) is 36.7. The molecule has 3 aromatic heterocycles. The van der Waals surface area contributed by atoms with E-state index in [2.05, 4.69) is 53.5 Å². The number of methoxy groups -OCH3 is 2. The number of carbonyl (C=O) groups is 4. The molecule has 0 radical (unpaired) electrons. The van der Waals surface area contributed by atoms with Crippen LogP contribution >= 0.6 is 23.8 Å². The first-order chi connectivity index (χ1) is 28.9. The van der Waals surface area contributed by atoms with Gasteiger partial charge in [-0.2, -0.15) is 5.10 Å². The molecule has 2 N–H and O–H groups in total. The van der Waals surface area contributed by atoms with Crippen LogP contribution in [0.15, 0.2) is 47.3 Å². The number of pyridine rings is 1. The fourth-order valence-corrected chi connectivity index (χ4v) is 8.85. The number of ether oxygens (including phenoxy) is 2. The number of rotatable bonds is 22. The maximum absolute atomic E-state index is 14.3. The number of likely N-dealkylation sites (tertiary alicyclic amines) is 1. The Kier molecular flexibility index (Phi) is 15.3. The van der Waals surface area contributed by atoms with Gasteiger partial charge in [0.1, 0.15) is 41.1 Å². The molecule has 0 bridgehead atoms. The summed E-state index contributed by atoms with van der Waals surface area (Å²) in [7, 11) is -1.14. The predicted molar refractivity (Wildman–Crippen MR) is 223 cm³/mol. The third-order valence-corrected chi connectivity index (χ3v) is 12.4. The highest BCUT2D eigenvalue weighted by Gasteiger charge is 2.63. The quantitative estimate of drug-likeness (QED) is 0.0445. The number of aromatic nitrogens is 5. The number of ketones is 1. The molecule has 4 heterocycles. The summed E-state index contributed by atoms with van der Waals surface area (Å²) >= 11 is 3.37. The molecular weight excluding hydrogens is 863 g/mol. The monoisotopic (exact) mass is 912 g/mol. The van der Waals surface area contributed by atoms with Gasteiger partial charge in [-0.3, -0.25) is 37.4 Å². The number of phosphoric ester groups is 1. The fraction of sp³-hybridized carbons (Fsp3) is 0.500. The Bertz CT molecular complexity index is 2230. The van der Waals surface area contributed by atoms with Gasteiger partial charge in [-0.15, -0.1) is 0 Å². The Morgan fingerprint density at radius 2 is 1.68 bits per heavy atom. The van der Waals surface area contributed by atoms with Crippen LogP contribution in [0.25, 0.3) is 22.0 Å². The molecule has 2 fully saturated rings. The smallest absolute Gasteiger partial charge is 0.382 e. The van der Waals surface area contributed by atoms with Crippen molar-refractivity contribution < 1.29 is 46.8 Å². The van der Waals surface area contributed by atoms with Crippen molar-refractivity contribution in [2.45, 2.75) is 71.6 Å². The summed E-state index contributed by atoms with van der Waals surface area (Å²) < 4.78 is 40.4. The highest BCUT2D eigenvalue weighted by Crippen LogP contribution is 2.56. The molecule has 322 valence electrons. The number of amides is 3. The molecule has 1 unspecified atom stereocenters. The molecule has 1 aromatic carbocycles. The minimum atomic E-state index is -4.05. The minimum absolute atomic E-state index is 0.0305. The molecule has 1 saturated heterocycles. The van der Waals surface area contributed by atoms with Gasteiger partial charge in [0.15, 0.2) is 5.78 Å². The van der Waals surface area contributed by atoms with E-state index in [4.69, 9.17) is 23.0 Å². The van der Waals surface area contributed by atoms with Gasteiger partial charge in [-0.25, -0.2) is 19.5 Å². The van der Waals surface area contributed by atoms with Crippen LogP contribution in [-0.2, 0) is 55.1 Å². The summed E-state index contributed by atoms with van der Waals surface area (Å²) in [4.78, 5) is 68.3. The van der Waals surface area contributed by atoms with Crippen molar-refractivity contribution in [2.24, 2.45) is 11.8 Å². The molecule has 20 heteroatoms. The topological polar surface area (TPSA) is 215 Å². The number of piperidine rings is 1. The van der Waals surface area contributed by atoms with Crippen LogP contribution in [0.5, 0.6) is 0 Å². The SMILES string of the molecule is CCCCC1[C@@H]2[C@H]1C[C@@H](C(=O)Nc1nc(Br)ccc1C)N2C(=O)Cn1nc(C(C)=O)c2cc(-c3cnc(CNC(=O)COP(=O)(OCCOC)OCCOC)nc3)ccc21. The van der Waals surface area contributed by atoms with Crippen LogP contribution in [-0.4, -0.2) is 112 Å². The molecule has 1 saturated carbocycles. The molecule has 60 heavy (non-hydrogen) atoms. The summed E-state index contributed by atoms with van der Waals surface area (Å²) in [5.74, 6) is -0.0638. The summed E-state index contributed by atoms with van der Waals surface area (Å²) in [6.07, 6.45) is 6.84. The number of halogens is 1. The van der Waals surface area contributed by atoms with Gasteiger partial charge in [0, 0.05) is 50.5 Å². The van der Waals surface area contributed by atoms with E-state index in [0.717, 1.165) is 24.8 Å². The summed E-state index contributed by atoms with van der Waals surface area (Å²) in [5, 5.41) is 10.7. The average molecular weight is 914 g/mol. The largest absolute Gasteiger partial charge is 0.475 e. The Labute approximate surface area is 356 Å². The zero-order valence-electron chi connectivity index (χ0n) is 34.2. The number of unbranched alkanes of at least 4 members (excludes halogenated alkanes) is 1. The second kappa shape index (κ2) is 20.4. The van der Waals surface area contributed by atoms with Gasteiger partial charge >= 0.3 is 7.82 Å². The molecule has 1 aliphatic carbocycles. The lowest BCUT2D eigenvalue weighted by Crippen LogP contribution is -2.47. The molecule has 1 aliphatic heterocycles. The van der Waals surface area contributed by atoms with Crippen molar-refractivity contribution in [1.29, 1.82) is 0 Å². The van der Waals surface area contributed by atoms with Crippen molar-refractivity contribution in [3.05, 3.63) is 64.4 Å². The van der Waals surface area contributed by atoms with Crippen LogP contribution in [0.4, 0.5) is 5.82 Å². The van der Waals surface area contributed by atoms with E-state index in [-0.39, 0.29) is 74.8 Å². The number of nitrogens with zero attached hydrogens (tertiary/aromatic N) is 6. The van der Waals surface area contributed by atoms with Gasteiger partial charge in [-0.1, -0.05) is 31.9 Å². The normalized spacial score (nSPS) is 18.4. The van der Waals surface area contributed by atoms with Crippen molar-refractivity contribution in [3.63, 3.8) is 0 Å². The summed E-state index contributed by atoms with van der Waals surface area (Å²) in [6.45, 7) is 4.78. The number of hydrogen-bond donors (Lipinski definition) is 2. The van der Waals surface area contributed by atoms with Gasteiger partial charge < -0.3 is 25.0 Å². The summed E-state index contributed by atoms with van der Waals surface area (Å²) in [6, 6.07) is 8.39. The highest BCUT2D eigenvalue weighted by molar-refractivity contribution is 9.10. The summed E-state index contributed by atoms with van der Waals surface area (Å²) in [5.41, 5.74) is 2.93. The molecule has 2 aliphatic rings. The molecule has 0 spiro atoms. The van der Waals surface area contributed by atoms with Gasteiger partial charge in [0.05, 0.1) is 38.5 Å². The number of nitrogens with one attached hydrogen (secondary N) is 2. The van der Waals surface area contributed by atoms with E-state index in [0.29, 0.717) is 50.6 Å². The van der Waals surface area contributed by atoms with Crippen LogP contribution < -0.4 is 10.6 Å². The van der Waals surface area contributed by atoms with E-state index in [1.165, 1.54) is 25.8 Å². The molecule has 6 rings (SSSR count). The molecular formula is C40H50BrN8O10P. The first-order valence-electron chi connectivity index (χ1n) is 19.7. The first kappa shape index (κ1) is 45.0. The lowest BCUT2D eigenvalue weighted by molar-refractivity contribution is -0.139. The Morgan fingerprint density at radius 1 is 0.967 bits per heavy atom. The second-order valence-corrected chi connectivity index (χ2v) is 17.1. The van der Waals surface area contributed by atoms with Gasteiger partial charge in [0.2, 0.25) is 17.7 Å². The predicted octanol–water partition coefficient (Wildman–Crippen LogP) is 5.27. The van der Waals surface area contributed by atoms with Crippen LogP contribution in [0.3, 0.4) is 0 Å². The Balaban J connectivity index is 1.12. The third-order valence-electron chi connectivity index (χ3n) is 10.5. The molecule has 3 amide bonds. The lowest BCUT2D eigenvalue weighted by atomic mass is 10.0. The highest BCUT2D eigenvalue weighted by atomic mass is 79.9. The van der Waals surface area contributed by atoms with Crippen molar-refractivity contribution in [2.75, 3.05) is 52.6 Å². The second-order valence-electron chi connectivity index (χ2n) is 14.6. The third kappa shape index (κ3) is 10.9. The van der Waals surface area contributed by atoms with Crippen LogP contribution in [0, 0.1) is 18.8 Å². The Hall–Kier alpha value is -4.49. The molecule has 18 nitrogen and oxygen atoms in total. The van der Waals surface area contributed by atoms with E-state index >= 15 is 0 Å². The number of fused-ring (bicyclic) bond motifs is 2. The number of phosphoric acid groups is 1. The van der Waals surface area contributed by atoms with Crippen LogP contribution in [0.1, 0.15) is 61.4 Å². The van der Waals surface area contributed by atoms with E-state index < -0.39 is 26.4 Å². The number of Topliss-reactive ketones (excluding diaryl/α,β-unsaturated/α-hetero) is 1. The number of aryl methyl sites for hydroxylation is 1. The maximum Gasteiger partial charge on any atom is 0.475 e. The number of hydrogen-bond acceptors (Lipinski definition) is 14. The number of carbonyl (C=O) groups excluding carboxylic acids is 4. The molecule has 4 aromatic rings. The average Bonchev–Trinajstić information content (AvgIpc) is 3.53. The molecule has 4 atom stereocenters. The van der Waals surface area contributed by atoms with Gasteiger partial charge in [0.25, 0.3) is 0 Å². The first-order valence-corrected chi connectivity index (χ1v) is 22.0.